The van der Waals surface area contributed by atoms with E-state index in [2.05, 4.69) is 24.1 Å². The van der Waals surface area contributed by atoms with Crippen molar-refractivity contribution in [1.82, 2.24) is 10.2 Å². The number of likely N-dealkylation sites (tertiary alicyclic amines) is 1. The van der Waals surface area contributed by atoms with Crippen molar-refractivity contribution in [3.05, 3.63) is 0 Å². The SMILES string of the molecule is CC(C)NC(=O)C1CC2(C1)CN(C(C)C)C2. The second-order valence-corrected chi connectivity index (χ2v) is 6.27. The van der Waals surface area contributed by atoms with E-state index in [1.807, 2.05) is 13.8 Å². The van der Waals surface area contributed by atoms with Gasteiger partial charge in [-0.25, -0.2) is 0 Å². The zero-order chi connectivity index (χ0) is 11.9. The minimum Gasteiger partial charge on any atom is -0.354 e. The van der Waals surface area contributed by atoms with Gasteiger partial charge in [-0.05, 0) is 46.0 Å². The summed E-state index contributed by atoms with van der Waals surface area (Å²) < 4.78 is 0. The molecule has 16 heavy (non-hydrogen) atoms. The van der Waals surface area contributed by atoms with Gasteiger partial charge in [0.25, 0.3) is 0 Å². The number of carbonyl (C=O) groups excluding carboxylic acids is 1. The van der Waals surface area contributed by atoms with Crippen LogP contribution in [0.25, 0.3) is 0 Å². The number of amides is 1. The number of rotatable bonds is 3. The van der Waals surface area contributed by atoms with Gasteiger partial charge in [0.05, 0.1) is 0 Å². The van der Waals surface area contributed by atoms with Crippen molar-refractivity contribution >= 4 is 5.91 Å². The second kappa shape index (κ2) is 4.02. The first-order chi connectivity index (χ1) is 7.42. The molecule has 1 aliphatic heterocycles. The molecule has 0 atom stereocenters. The molecule has 2 aliphatic rings. The van der Waals surface area contributed by atoms with Gasteiger partial charge in [0.1, 0.15) is 0 Å². The Kier molecular flexibility index (Phi) is 2.99. The summed E-state index contributed by atoms with van der Waals surface area (Å²) in [6.45, 7) is 10.9. The standard InChI is InChI=1S/C13H24N2O/c1-9(2)14-12(16)11-5-13(6-11)7-15(8-13)10(3)4/h9-11H,5-8H2,1-4H3,(H,14,16). The molecule has 1 amide bonds. The van der Waals surface area contributed by atoms with Gasteiger partial charge in [0.15, 0.2) is 0 Å². The van der Waals surface area contributed by atoms with E-state index in [9.17, 15) is 4.79 Å². The van der Waals surface area contributed by atoms with Crippen LogP contribution in [0.4, 0.5) is 0 Å². The average molecular weight is 224 g/mol. The maximum atomic E-state index is 11.8. The fourth-order valence-corrected chi connectivity index (χ4v) is 3.01. The highest BCUT2D eigenvalue weighted by Crippen LogP contribution is 2.52. The molecule has 1 spiro atoms. The fraction of sp³-hybridized carbons (Fsp3) is 0.923. The summed E-state index contributed by atoms with van der Waals surface area (Å²) >= 11 is 0. The molecule has 3 heteroatoms. The van der Waals surface area contributed by atoms with E-state index >= 15 is 0 Å². The monoisotopic (exact) mass is 224 g/mol. The summed E-state index contributed by atoms with van der Waals surface area (Å²) in [5.41, 5.74) is 0.503. The largest absolute Gasteiger partial charge is 0.354 e. The number of nitrogens with one attached hydrogen (secondary N) is 1. The third kappa shape index (κ3) is 2.10. The Morgan fingerprint density at radius 2 is 1.81 bits per heavy atom. The maximum Gasteiger partial charge on any atom is 0.223 e. The Morgan fingerprint density at radius 3 is 2.25 bits per heavy atom. The lowest BCUT2D eigenvalue weighted by Crippen LogP contribution is -2.65. The first-order valence-electron chi connectivity index (χ1n) is 6.46. The molecule has 0 aromatic carbocycles. The van der Waals surface area contributed by atoms with Gasteiger partial charge in [-0.3, -0.25) is 9.69 Å². The molecule has 0 bridgehead atoms. The van der Waals surface area contributed by atoms with Crippen molar-refractivity contribution in [3.8, 4) is 0 Å². The lowest BCUT2D eigenvalue weighted by atomic mass is 9.57. The van der Waals surface area contributed by atoms with Crippen LogP contribution in [0.2, 0.25) is 0 Å². The highest BCUT2D eigenvalue weighted by molar-refractivity contribution is 5.80. The Hall–Kier alpha value is -0.570. The third-order valence-electron chi connectivity index (χ3n) is 3.97. The van der Waals surface area contributed by atoms with Gasteiger partial charge < -0.3 is 5.32 Å². The van der Waals surface area contributed by atoms with E-state index in [0.29, 0.717) is 11.5 Å². The van der Waals surface area contributed by atoms with Crippen molar-refractivity contribution in [2.45, 2.75) is 52.6 Å². The summed E-state index contributed by atoms with van der Waals surface area (Å²) in [5.74, 6) is 0.556. The normalized spacial score (nSPS) is 24.6. The summed E-state index contributed by atoms with van der Waals surface area (Å²) in [5, 5.41) is 3.01. The van der Waals surface area contributed by atoms with E-state index in [0.717, 1.165) is 12.8 Å². The zero-order valence-electron chi connectivity index (χ0n) is 10.9. The van der Waals surface area contributed by atoms with Gasteiger partial charge in [-0.15, -0.1) is 0 Å². The minimum absolute atomic E-state index is 0.267. The predicted octanol–water partition coefficient (Wildman–Crippen LogP) is 1.63. The quantitative estimate of drug-likeness (QED) is 0.790. The predicted molar refractivity (Wildman–Crippen MR) is 65.1 cm³/mol. The molecule has 0 radical (unpaired) electrons. The van der Waals surface area contributed by atoms with Crippen LogP contribution in [0, 0.1) is 11.3 Å². The van der Waals surface area contributed by atoms with Gasteiger partial charge >= 0.3 is 0 Å². The lowest BCUT2D eigenvalue weighted by molar-refractivity contribution is -0.147. The Morgan fingerprint density at radius 1 is 1.25 bits per heavy atom. The van der Waals surface area contributed by atoms with Crippen LogP contribution in [0.1, 0.15) is 40.5 Å². The lowest BCUT2D eigenvalue weighted by Gasteiger charge is -2.60. The van der Waals surface area contributed by atoms with E-state index in [4.69, 9.17) is 0 Å². The van der Waals surface area contributed by atoms with Gasteiger partial charge in [0.2, 0.25) is 5.91 Å². The Labute approximate surface area is 98.6 Å². The second-order valence-electron chi connectivity index (χ2n) is 6.27. The van der Waals surface area contributed by atoms with Gasteiger partial charge in [0, 0.05) is 31.1 Å². The van der Waals surface area contributed by atoms with Gasteiger partial charge in [-0.1, -0.05) is 0 Å². The van der Waals surface area contributed by atoms with Crippen LogP contribution in [-0.2, 0) is 4.79 Å². The molecule has 1 N–H and O–H groups in total. The first kappa shape index (κ1) is 11.9. The number of carbonyl (C=O) groups is 1. The first-order valence-corrected chi connectivity index (χ1v) is 6.46. The summed E-state index contributed by atoms with van der Waals surface area (Å²) in [4.78, 5) is 14.3. The zero-order valence-corrected chi connectivity index (χ0v) is 10.9. The van der Waals surface area contributed by atoms with E-state index in [-0.39, 0.29) is 17.9 Å². The van der Waals surface area contributed by atoms with Crippen LogP contribution in [-0.4, -0.2) is 36.0 Å². The fourth-order valence-electron chi connectivity index (χ4n) is 3.01. The van der Waals surface area contributed by atoms with E-state index in [1.54, 1.807) is 0 Å². The third-order valence-corrected chi connectivity index (χ3v) is 3.97. The molecule has 1 saturated carbocycles. The number of nitrogens with zero attached hydrogens (tertiary/aromatic N) is 1. The molecule has 0 unspecified atom stereocenters. The van der Waals surface area contributed by atoms with E-state index < -0.39 is 0 Å². The average Bonchev–Trinajstić information content (AvgIpc) is 1.95. The molecule has 0 aromatic heterocycles. The molecule has 1 saturated heterocycles. The molecule has 2 rings (SSSR count). The topological polar surface area (TPSA) is 32.3 Å². The van der Waals surface area contributed by atoms with Crippen LogP contribution >= 0.6 is 0 Å². The summed E-state index contributed by atoms with van der Waals surface area (Å²) in [6.07, 6.45) is 2.21. The van der Waals surface area contributed by atoms with Crippen LogP contribution in [0.3, 0.4) is 0 Å². The van der Waals surface area contributed by atoms with Gasteiger partial charge in [-0.2, -0.15) is 0 Å². The van der Waals surface area contributed by atoms with E-state index in [1.165, 1.54) is 13.1 Å². The molecular weight excluding hydrogens is 200 g/mol. The van der Waals surface area contributed by atoms with Crippen molar-refractivity contribution in [2.24, 2.45) is 11.3 Å². The Balaban J connectivity index is 1.73. The summed E-state index contributed by atoms with van der Waals surface area (Å²) in [7, 11) is 0. The molecular formula is C13H24N2O. The highest BCUT2D eigenvalue weighted by atomic mass is 16.2. The molecule has 0 aromatic rings. The molecule has 1 aliphatic carbocycles. The Bertz CT molecular complexity index is 272. The van der Waals surface area contributed by atoms with Crippen molar-refractivity contribution in [2.75, 3.05) is 13.1 Å². The molecule has 2 fully saturated rings. The maximum absolute atomic E-state index is 11.8. The van der Waals surface area contributed by atoms with Crippen molar-refractivity contribution in [3.63, 3.8) is 0 Å². The highest BCUT2D eigenvalue weighted by Gasteiger charge is 2.54. The van der Waals surface area contributed by atoms with Crippen LogP contribution < -0.4 is 5.32 Å². The molecule has 92 valence electrons. The van der Waals surface area contributed by atoms with Crippen LogP contribution in [0.5, 0.6) is 0 Å². The van der Waals surface area contributed by atoms with Crippen LogP contribution in [0.15, 0.2) is 0 Å². The number of hydrogen-bond acceptors (Lipinski definition) is 2. The molecule has 1 heterocycles. The van der Waals surface area contributed by atoms with Crippen molar-refractivity contribution in [1.29, 1.82) is 0 Å². The molecule has 3 nitrogen and oxygen atoms in total. The minimum atomic E-state index is 0.267. The number of hydrogen-bond donors (Lipinski definition) is 1. The smallest absolute Gasteiger partial charge is 0.223 e. The summed E-state index contributed by atoms with van der Waals surface area (Å²) in [6, 6.07) is 0.937. The van der Waals surface area contributed by atoms with Crippen molar-refractivity contribution < 1.29 is 4.79 Å².